The Labute approximate surface area is 142 Å². The van der Waals surface area contributed by atoms with Gasteiger partial charge in [0.2, 0.25) is 0 Å². The van der Waals surface area contributed by atoms with E-state index in [-0.39, 0.29) is 18.3 Å². The van der Waals surface area contributed by atoms with Crippen LogP contribution in [0.15, 0.2) is 53.6 Å². The van der Waals surface area contributed by atoms with E-state index in [1.54, 1.807) is 24.3 Å². The fourth-order valence-corrected chi connectivity index (χ4v) is 2.19. The minimum absolute atomic E-state index is 0.106. The van der Waals surface area contributed by atoms with E-state index in [1.807, 2.05) is 24.3 Å². The molecule has 1 amide bonds. The van der Waals surface area contributed by atoms with Crippen LogP contribution in [0.4, 0.5) is 0 Å². The molecular weight excluding hydrogens is 304 g/mol. The Bertz CT molecular complexity index is 713. The van der Waals surface area contributed by atoms with Crippen molar-refractivity contribution < 1.29 is 14.6 Å². The summed E-state index contributed by atoms with van der Waals surface area (Å²) in [5.74, 6) is 0.824. The van der Waals surface area contributed by atoms with Gasteiger partial charge in [0.25, 0.3) is 5.91 Å². The van der Waals surface area contributed by atoms with E-state index in [9.17, 15) is 9.90 Å². The lowest BCUT2D eigenvalue weighted by atomic mass is 9.98. The second-order valence-electron chi connectivity index (χ2n) is 5.49. The number of ether oxygens (including phenoxy) is 1. The number of para-hydroxylation sites is 2. The van der Waals surface area contributed by atoms with Gasteiger partial charge in [0, 0.05) is 5.56 Å². The summed E-state index contributed by atoms with van der Waals surface area (Å²) in [6.45, 7) is 4.12. The van der Waals surface area contributed by atoms with Gasteiger partial charge in [-0.25, -0.2) is 5.43 Å². The van der Waals surface area contributed by atoms with Crippen molar-refractivity contribution in [1.82, 2.24) is 5.43 Å². The van der Waals surface area contributed by atoms with E-state index < -0.39 is 0 Å². The third-order valence-electron chi connectivity index (χ3n) is 3.75. The number of aromatic hydroxyl groups is 1. The number of carbonyl (C=O) groups excluding carboxylic acids is 1. The number of hydrogen-bond acceptors (Lipinski definition) is 4. The topological polar surface area (TPSA) is 70.9 Å². The third kappa shape index (κ3) is 4.84. The Balaban J connectivity index is 1.89. The monoisotopic (exact) mass is 326 g/mol. The van der Waals surface area contributed by atoms with Crippen LogP contribution < -0.4 is 10.2 Å². The van der Waals surface area contributed by atoms with E-state index in [2.05, 4.69) is 24.4 Å². The molecule has 0 aliphatic carbocycles. The molecule has 0 saturated carbocycles. The Morgan fingerprint density at radius 1 is 1.25 bits per heavy atom. The molecule has 2 rings (SSSR count). The van der Waals surface area contributed by atoms with Crippen LogP contribution in [0.5, 0.6) is 11.5 Å². The molecule has 2 N–H and O–H groups in total. The fourth-order valence-electron chi connectivity index (χ4n) is 2.19. The van der Waals surface area contributed by atoms with Gasteiger partial charge in [0.15, 0.2) is 6.61 Å². The highest BCUT2D eigenvalue weighted by Gasteiger charge is 2.10. The lowest BCUT2D eigenvalue weighted by Crippen LogP contribution is -2.25. The Kier molecular flexibility index (Phi) is 6.37. The zero-order chi connectivity index (χ0) is 17.4. The van der Waals surface area contributed by atoms with Crippen molar-refractivity contribution >= 4 is 12.1 Å². The van der Waals surface area contributed by atoms with Crippen LogP contribution in [0.25, 0.3) is 0 Å². The highest BCUT2D eigenvalue weighted by Crippen LogP contribution is 2.28. The van der Waals surface area contributed by atoms with Gasteiger partial charge in [-0.1, -0.05) is 44.2 Å². The number of hydrogen-bond donors (Lipinski definition) is 2. The van der Waals surface area contributed by atoms with Crippen molar-refractivity contribution in [3.63, 3.8) is 0 Å². The Morgan fingerprint density at radius 2 is 1.96 bits per heavy atom. The number of phenols is 1. The zero-order valence-corrected chi connectivity index (χ0v) is 13.9. The lowest BCUT2D eigenvalue weighted by molar-refractivity contribution is -0.123. The molecule has 0 spiro atoms. The molecule has 5 heteroatoms. The van der Waals surface area contributed by atoms with Gasteiger partial charge < -0.3 is 9.84 Å². The van der Waals surface area contributed by atoms with E-state index in [0.29, 0.717) is 17.2 Å². The molecule has 0 heterocycles. The second kappa shape index (κ2) is 8.72. The summed E-state index contributed by atoms with van der Waals surface area (Å²) >= 11 is 0. The summed E-state index contributed by atoms with van der Waals surface area (Å²) in [7, 11) is 0. The van der Waals surface area contributed by atoms with Crippen LogP contribution in [0, 0.1) is 0 Å². The summed E-state index contributed by atoms with van der Waals surface area (Å²) in [5, 5.41) is 13.4. The van der Waals surface area contributed by atoms with Crippen LogP contribution in [0.1, 0.15) is 37.3 Å². The first kappa shape index (κ1) is 17.5. The number of benzene rings is 2. The average Bonchev–Trinajstić information content (AvgIpc) is 2.61. The van der Waals surface area contributed by atoms with E-state index >= 15 is 0 Å². The SMILES string of the molecule is CCC(C)c1ccccc1OCC(=O)NN=Cc1ccccc1O. The lowest BCUT2D eigenvalue weighted by Gasteiger charge is -2.15. The van der Waals surface area contributed by atoms with Crippen LogP contribution in [0.3, 0.4) is 0 Å². The summed E-state index contributed by atoms with van der Waals surface area (Å²) < 4.78 is 5.61. The average molecular weight is 326 g/mol. The molecule has 1 atom stereocenters. The molecule has 0 aliphatic rings. The Morgan fingerprint density at radius 3 is 2.71 bits per heavy atom. The molecule has 2 aromatic rings. The smallest absolute Gasteiger partial charge is 0.277 e. The molecule has 1 unspecified atom stereocenters. The molecular formula is C19H22N2O3. The number of phenolic OH excluding ortho intramolecular Hbond substituents is 1. The first-order chi connectivity index (χ1) is 11.6. The molecule has 0 aliphatic heterocycles. The van der Waals surface area contributed by atoms with Gasteiger partial charge in [0.05, 0.1) is 6.21 Å². The molecule has 2 aromatic carbocycles. The van der Waals surface area contributed by atoms with Crippen molar-refractivity contribution in [3.8, 4) is 11.5 Å². The van der Waals surface area contributed by atoms with Gasteiger partial charge in [-0.2, -0.15) is 5.10 Å². The predicted molar refractivity (Wildman–Crippen MR) is 94.5 cm³/mol. The van der Waals surface area contributed by atoms with Crippen LogP contribution in [-0.2, 0) is 4.79 Å². The second-order valence-corrected chi connectivity index (χ2v) is 5.49. The molecule has 0 saturated heterocycles. The van der Waals surface area contributed by atoms with Crippen molar-refractivity contribution in [3.05, 3.63) is 59.7 Å². The standard InChI is InChI=1S/C19H22N2O3/c1-3-14(2)16-9-5-7-11-18(16)24-13-19(23)21-20-12-15-8-4-6-10-17(15)22/h4-12,14,22H,3,13H2,1-2H3,(H,21,23). The van der Waals surface area contributed by atoms with Crippen molar-refractivity contribution in [2.24, 2.45) is 5.10 Å². The maximum Gasteiger partial charge on any atom is 0.277 e. The van der Waals surface area contributed by atoms with E-state index in [1.165, 1.54) is 6.21 Å². The van der Waals surface area contributed by atoms with Crippen LogP contribution in [0.2, 0.25) is 0 Å². The van der Waals surface area contributed by atoms with Gasteiger partial charge >= 0.3 is 0 Å². The molecule has 0 bridgehead atoms. The van der Waals surface area contributed by atoms with Crippen molar-refractivity contribution in [2.45, 2.75) is 26.2 Å². The molecule has 5 nitrogen and oxygen atoms in total. The summed E-state index contributed by atoms with van der Waals surface area (Å²) in [6, 6.07) is 14.5. The summed E-state index contributed by atoms with van der Waals surface area (Å²) in [6.07, 6.45) is 2.39. The molecule has 0 fully saturated rings. The molecule has 126 valence electrons. The van der Waals surface area contributed by atoms with Gasteiger partial charge in [-0.3, -0.25) is 4.79 Å². The molecule has 24 heavy (non-hydrogen) atoms. The number of hydrazone groups is 1. The van der Waals surface area contributed by atoms with Gasteiger partial charge in [0.1, 0.15) is 11.5 Å². The highest BCUT2D eigenvalue weighted by atomic mass is 16.5. The quantitative estimate of drug-likeness (QED) is 0.605. The van der Waals surface area contributed by atoms with Gasteiger partial charge in [-0.05, 0) is 36.1 Å². The van der Waals surface area contributed by atoms with E-state index in [0.717, 1.165) is 12.0 Å². The van der Waals surface area contributed by atoms with Crippen LogP contribution in [-0.4, -0.2) is 23.8 Å². The Hall–Kier alpha value is -2.82. The zero-order valence-electron chi connectivity index (χ0n) is 13.9. The largest absolute Gasteiger partial charge is 0.507 e. The maximum atomic E-state index is 11.8. The first-order valence-electron chi connectivity index (χ1n) is 7.93. The minimum atomic E-state index is -0.361. The number of nitrogens with one attached hydrogen (secondary N) is 1. The number of amides is 1. The van der Waals surface area contributed by atoms with Gasteiger partial charge in [-0.15, -0.1) is 0 Å². The summed E-state index contributed by atoms with van der Waals surface area (Å²) in [5.41, 5.74) is 4.00. The summed E-state index contributed by atoms with van der Waals surface area (Å²) in [4.78, 5) is 11.8. The highest BCUT2D eigenvalue weighted by molar-refractivity contribution is 5.85. The fraction of sp³-hybridized carbons (Fsp3) is 0.263. The van der Waals surface area contributed by atoms with Crippen LogP contribution >= 0.6 is 0 Å². The molecule has 0 radical (unpaired) electrons. The predicted octanol–water partition coefficient (Wildman–Crippen LogP) is 3.43. The molecule has 0 aromatic heterocycles. The van der Waals surface area contributed by atoms with Crippen molar-refractivity contribution in [2.75, 3.05) is 6.61 Å². The number of carbonyl (C=O) groups is 1. The maximum absolute atomic E-state index is 11.8. The van der Waals surface area contributed by atoms with Crippen molar-refractivity contribution in [1.29, 1.82) is 0 Å². The first-order valence-corrected chi connectivity index (χ1v) is 7.93. The number of rotatable bonds is 7. The minimum Gasteiger partial charge on any atom is -0.507 e. The number of nitrogens with zero attached hydrogens (tertiary/aromatic N) is 1. The third-order valence-corrected chi connectivity index (χ3v) is 3.75. The normalized spacial score (nSPS) is 12.1. The van der Waals surface area contributed by atoms with E-state index in [4.69, 9.17) is 4.74 Å².